The van der Waals surface area contributed by atoms with E-state index in [-0.39, 0.29) is 11.5 Å². The Morgan fingerprint density at radius 1 is 1.27 bits per heavy atom. The first-order valence-electron chi connectivity index (χ1n) is 5.67. The Balaban J connectivity index is 2.55. The van der Waals surface area contributed by atoms with Crippen molar-refractivity contribution < 1.29 is 5.11 Å². The van der Waals surface area contributed by atoms with E-state index < -0.39 is 0 Å². The van der Waals surface area contributed by atoms with Gasteiger partial charge in [-0.15, -0.1) is 0 Å². The number of hydrogen-bond donors (Lipinski definition) is 1. The lowest BCUT2D eigenvalue weighted by Crippen LogP contribution is -2.26. The minimum Gasteiger partial charge on any atom is -0.388 e. The van der Waals surface area contributed by atoms with Gasteiger partial charge >= 0.3 is 0 Å². The van der Waals surface area contributed by atoms with E-state index in [0.717, 1.165) is 12.8 Å². The number of aliphatic hydroxyl groups excluding tert-OH is 1. The van der Waals surface area contributed by atoms with Crippen LogP contribution in [-0.4, -0.2) is 5.11 Å². The monoisotopic (exact) mass is 204 g/mol. The molecule has 1 unspecified atom stereocenters. The summed E-state index contributed by atoms with van der Waals surface area (Å²) in [4.78, 5) is 0. The number of rotatable bonds is 0. The maximum absolute atomic E-state index is 10.2. The van der Waals surface area contributed by atoms with Gasteiger partial charge in [0.05, 0.1) is 6.10 Å². The van der Waals surface area contributed by atoms with Crippen LogP contribution in [0.5, 0.6) is 0 Å². The molecule has 82 valence electrons. The van der Waals surface area contributed by atoms with Crippen molar-refractivity contribution in [2.24, 2.45) is 5.41 Å². The van der Waals surface area contributed by atoms with Crippen molar-refractivity contribution in [2.45, 2.75) is 46.6 Å². The van der Waals surface area contributed by atoms with Gasteiger partial charge in [-0.1, -0.05) is 31.5 Å². The summed E-state index contributed by atoms with van der Waals surface area (Å²) >= 11 is 0. The predicted molar refractivity (Wildman–Crippen MR) is 63.0 cm³/mol. The third-order valence-electron chi connectivity index (χ3n) is 3.37. The van der Waals surface area contributed by atoms with Gasteiger partial charge in [0.15, 0.2) is 0 Å². The van der Waals surface area contributed by atoms with Crippen LogP contribution in [0.1, 0.15) is 48.6 Å². The predicted octanol–water partition coefficient (Wildman–Crippen LogP) is 3.31. The summed E-state index contributed by atoms with van der Waals surface area (Å²) in [5, 5.41) is 10.2. The van der Waals surface area contributed by atoms with E-state index in [9.17, 15) is 5.11 Å². The van der Waals surface area contributed by atoms with Crippen molar-refractivity contribution in [3.63, 3.8) is 0 Å². The zero-order valence-corrected chi connectivity index (χ0v) is 10.1. The number of benzene rings is 1. The molecule has 15 heavy (non-hydrogen) atoms. The van der Waals surface area contributed by atoms with Crippen LogP contribution in [0.2, 0.25) is 0 Å². The minimum atomic E-state index is -0.274. The Morgan fingerprint density at radius 3 is 2.60 bits per heavy atom. The largest absolute Gasteiger partial charge is 0.388 e. The third kappa shape index (κ3) is 1.93. The second-order valence-electron chi connectivity index (χ2n) is 5.72. The Kier molecular flexibility index (Phi) is 2.38. The molecule has 2 rings (SSSR count). The minimum absolute atomic E-state index is 0.229. The van der Waals surface area contributed by atoms with Crippen molar-refractivity contribution in [1.82, 2.24) is 0 Å². The van der Waals surface area contributed by atoms with Gasteiger partial charge in [0.25, 0.3) is 0 Å². The number of hydrogen-bond acceptors (Lipinski definition) is 1. The van der Waals surface area contributed by atoms with E-state index in [2.05, 4.69) is 39.8 Å². The molecule has 0 aliphatic heterocycles. The normalized spacial score (nSPS) is 23.7. The molecule has 1 heteroatoms. The van der Waals surface area contributed by atoms with Crippen molar-refractivity contribution >= 4 is 0 Å². The van der Waals surface area contributed by atoms with Crippen LogP contribution >= 0.6 is 0 Å². The highest BCUT2D eigenvalue weighted by molar-refractivity contribution is 5.42. The third-order valence-corrected chi connectivity index (χ3v) is 3.37. The molecule has 0 saturated carbocycles. The SMILES string of the molecule is Cc1cc(C)c2c(c1)CC(C)(C)CC2O. The van der Waals surface area contributed by atoms with Crippen LogP contribution in [-0.2, 0) is 6.42 Å². The van der Waals surface area contributed by atoms with Gasteiger partial charge in [-0.05, 0) is 48.8 Å². The van der Waals surface area contributed by atoms with E-state index in [1.54, 1.807) is 0 Å². The standard InChI is InChI=1S/C14H20O/c1-9-5-10(2)13-11(6-9)7-14(3,4)8-12(13)15/h5-6,12,15H,7-8H2,1-4H3. The average molecular weight is 204 g/mol. The molecule has 1 aliphatic carbocycles. The van der Waals surface area contributed by atoms with Crippen LogP contribution < -0.4 is 0 Å². The highest BCUT2D eigenvalue weighted by Crippen LogP contribution is 2.42. The summed E-state index contributed by atoms with van der Waals surface area (Å²) in [6, 6.07) is 4.40. The van der Waals surface area contributed by atoms with Crippen LogP contribution in [0.25, 0.3) is 0 Å². The fourth-order valence-electron chi connectivity index (χ4n) is 2.90. The van der Waals surface area contributed by atoms with Gasteiger partial charge in [-0.2, -0.15) is 0 Å². The Morgan fingerprint density at radius 2 is 1.93 bits per heavy atom. The quantitative estimate of drug-likeness (QED) is 0.687. The van der Waals surface area contributed by atoms with Gasteiger partial charge in [-0.3, -0.25) is 0 Å². The molecule has 1 aromatic rings. The number of fused-ring (bicyclic) bond motifs is 1. The molecule has 1 aromatic carbocycles. The van der Waals surface area contributed by atoms with Gasteiger partial charge in [0.2, 0.25) is 0 Å². The topological polar surface area (TPSA) is 20.2 Å². The molecule has 1 atom stereocenters. The lowest BCUT2D eigenvalue weighted by atomic mass is 9.71. The Labute approximate surface area is 92.1 Å². The molecule has 1 nitrogen and oxygen atoms in total. The molecule has 1 aliphatic rings. The van der Waals surface area contributed by atoms with E-state index in [0.29, 0.717) is 0 Å². The maximum Gasteiger partial charge on any atom is 0.0800 e. The number of aliphatic hydroxyl groups is 1. The van der Waals surface area contributed by atoms with Crippen molar-refractivity contribution in [1.29, 1.82) is 0 Å². The zero-order valence-electron chi connectivity index (χ0n) is 10.1. The van der Waals surface area contributed by atoms with Crippen LogP contribution in [0.4, 0.5) is 0 Å². The molecule has 1 N–H and O–H groups in total. The van der Waals surface area contributed by atoms with E-state index in [1.807, 2.05) is 0 Å². The van der Waals surface area contributed by atoms with Gasteiger partial charge in [0, 0.05) is 0 Å². The lowest BCUT2D eigenvalue weighted by molar-refractivity contribution is 0.0992. The fourth-order valence-corrected chi connectivity index (χ4v) is 2.90. The van der Waals surface area contributed by atoms with Crippen molar-refractivity contribution in [3.8, 4) is 0 Å². The van der Waals surface area contributed by atoms with E-state index in [1.165, 1.54) is 22.3 Å². The van der Waals surface area contributed by atoms with Crippen LogP contribution in [0.15, 0.2) is 12.1 Å². The van der Waals surface area contributed by atoms with Gasteiger partial charge in [-0.25, -0.2) is 0 Å². The lowest BCUT2D eigenvalue weighted by Gasteiger charge is -2.35. The highest BCUT2D eigenvalue weighted by Gasteiger charge is 2.31. The summed E-state index contributed by atoms with van der Waals surface area (Å²) < 4.78 is 0. The Hall–Kier alpha value is -0.820. The van der Waals surface area contributed by atoms with Crippen molar-refractivity contribution in [2.75, 3.05) is 0 Å². The summed E-state index contributed by atoms with van der Waals surface area (Å²) in [6.07, 6.45) is 1.69. The first-order chi connectivity index (χ1) is 6.89. The summed E-state index contributed by atoms with van der Waals surface area (Å²) in [6.45, 7) is 8.70. The van der Waals surface area contributed by atoms with Crippen molar-refractivity contribution in [3.05, 3.63) is 34.4 Å². The van der Waals surface area contributed by atoms with E-state index in [4.69, 9.17) is 0 Å². The summed E-state index contributed by atoms with van der Waals surface area (Å²) in [5.41, 5.74) is 5.30. The number of aryl methyl sites for hydroxylation is 2. The fraction of sp³-hybridized carbons (Fsp3) is 0.571. The molecular weight excluding hydrogens is 184 g/mol. The molecule has 0 aromatic heterocycles. The van der Waals surface area contributed by atoms with E-state index >= 15 is 0 Å². The second kappa shape index (κ2) is 3.34. The molecule has 0 saturated heterocycles. The molecular formula is C14H20O. The smallest absolute Gasteiger partial charge is 0.0800 e. The first kappa shape index (κ1) is 10.7. The molecule has 0 fully saturated rings. The first-order valence-corrected chi connectivity index (χ1v) is 5.67. The molecule has 0 radical (unpaired) electrons. The molecule has 0 heterocycles. The summed E-state index contributed by atoms with van der Waals surface area (Å²) in [7, 11) is 0. The second-order valence-corrected chi connectivity index (χ2v) is 5.72. The van der Waals surface area contributed by atoms with Gasteiger partial charge < -0.3 is 5.11 Å². The average Bonchev–Trinajstić information content (AvgIpc) is 1.97. The molecule has 0 amide bonds. The van der Waals surface area contributed by atoms with Crippen LogP contribution in [0.3, 0.4) is 0 Å². The molecule has 0 bridgehead atoms. The maximum atomic E-state index is 10.2. The van der Waals surface area contributed by atoms with Gasteiger partial charge in [0.1, 0.15) is 0 Å². The zero-order chi connectivity index (χ0) is 11.2. The Bertz CT molecular complexity index is 391. The van der Waals surface area contributed by atoms with Crippen LogP contribution in [0, 0.1) is 19.3 Å². The summed E-state index contributed by atoms with van der Waals surface area (Å²) in [5.74, 6) is 0. The molecule has 0 spiro atoms. The highest BCUT2D eigenvalue weighted by atomic mass is 16.3.